The van der Waals surface area contributed by atoms with Crippen LogP contribution in [0.2, 0.25) is 0 Å². The Bertz CT molecular complexity index is 930. The Labute approximate surface area is 177 Å². The molecule has 2 aromatic rings. The normalized spacial score (nSPS) is 25.5. The van der Waals surface area contributed by atoms with Crippen LogP contribution in [-0.2, 0) is 4.74 Å². The number of fused-ring (bicyclic) bond motifs is 1. The molecule has 3 saturated heterocycles. The van der Waals surface area contributed by atoms with Crippen molar-refractivity contribution >= 4 is 17.6 Å². The molecule has 8 nitrogen and oxygen atoms in total. The number of ether oxygens (including phenoxy) is 2. The van der Waals surface area contributed by atoms with E-state index in [9.17, 15) is 0 Å². The van der Waals surface area contributed by atoms with Gasteiger partial charge in [-0.15, -0.1) is 0 Å². The molecule has 1 saturated carbocycles. The van der Waals surface area contributed by atoms with E-state index in [0.29, 0.717) is 24.2 Å². The lowest BCUT2D eigenvalue weighted by Gasteiger charge is -2.33. The highest BCUT2D eigenvalue weighted by Gasteiger charge is 2.44. The van der Waals surface area contributed by atoms with Crippen LogP contribution in [0.25, 0.3) is 11.3 Å². The van der Waals surface area contributed by atoms with Gasteiger partial charge in [-0.25, -0.2) is 9.97 Å². The Hall–Kier alpha value is -2.61. The molecule has 2 N–H and O–H groups in total. The maximum atomic E-state index is 6.03. The molecular weight excluding hydrogens is 380 g/mol. The Kier molecular flexibility index (Phi) is 4.89. The van der Waals surface area contributed by atoms with Crippen LogP contribution in [0.5, 0.6) is 5.75 Å². The van der Waals surface area contributed by atoms with Crippen LogP contribution < -0.4 is 20.3 Å². The second-order valence-electron chi connectivity index (χ2n) is 8.96. The van der Waals surface area contributed by atoms with Crippen LogP contribution >= 0.6 is 0 Å². The maximum absolute atomic E-state index is 6.03. The number of aromatic nitrogens is 3. The van der Waals surface area contributed by atoms with Gasteiger partial charge in [0.1, 0.15) is 5.82 Å². The Morgan fingerprint density at radius 2 is 2.03 bits per heavy atom. The summed E-state index contributed by atoms with van der Waals surface area (Å²) in [7, 11) is 0. The molecule has 4 aliphatic rings. The summed E-state index contributed by atoms with van der Waals surface area (Å²) in [6, 6.07) is 4.56. The maximum Gasteiger partial charge on any atom is 0.228 e. The number of morpholine rings is 1. The fraction of sp³-hybridized carbons (Fsp3) is 0.591. The summed E-state index contributed by atoms with van der Waals surface area (Å²) in [6.45, 7) is 9.47. The van der Waals surface area contributed by atoms with E-state index in [1.165, 1.54) is 12.8 Å². The van der Waals surface area contributed by atoms with Gasteiger partial charge in [0, 0.05) is 43.5 Å². The fourth-order valence-electron chi connectivity index (χ4n) is 4.61. The van der Waals surface area contributed by atoms with E-state index < -0.39 is 0 Å². The second kappa shape index (κ2) is 7.58. The van der Waals surface area contributed by atoms with Crippen LogP contribution in [-0.4, -0.2) is 59.4 Å². The summed E-state index contributed by atoms with van der Waals surface area (Å²) >= 11 is 0. The zero-order valence-electron chi connectivity index (χ0n) is 17.9. The summed E-state index contributed by atoms with van der Waals surface area (Å²) in [5.41, 5.74) is 7.77. The highest BCUT2D eigenvalue weighted by Crippen LogP contribution is 2.43. The average molecular weight is 411 g/mol. The number of hydrogen-bond donors (Lipinski definition) is 1. The van der Waals surface area contributed by atoms with Crippen LogP contribution in [0.4, 0.5) is 17.6 Å². The van der Waals surface area contributed by atoms with Crippen molar-refractivity contribution in [2.45, 2.75) is 51.9 Å². The number of hydrogen-bond acceptors (Lipinski definition) is 8. The molecule has 6 rings (SSSR count). The molecular formula is C22H30N6O2. The highest BCUT2D eigenvalue weighted by atomic mass is 16.5. The molecule has 3 aliphatic heterocycles. The summed E-state index contributed by atoms with van der Waals surface area (Å²) in [5.74, 6) is 3.53. The second-order valence-corrected chi connectivity index (χ2v) is 8.96. The summed E-state index contributed by atoms with van der Waals surface area (Å²) in [4.78, 5) is 18.9. The minimum Gasteiger partial charge on any atom is -0.487 e. The first kappa shape index (κ1) is 19.4. The molecule has 8 heteroatoms. The van der Waals surface area contributed by atoms with Crippen molar-refractivity contribution < 1.29 is 9.47 Å². The van der Waals surface area contributed by atoms with Gasteiger partial charge in [0.05, 0.1) is 24.5 Å². The van der Waals surface area contributed by atoms with E-state index >= 15 is 0 Å². The lowest BCUT2D eigenvalue weighted by atomic mass is 9.86. The van der Waals surface area contributed by atoms with E-state index in [4.69, 9.17) is 25.2 Å². The average Bonchev–Trinajstić information content (AvgIpc) is 3.30. The van der Waals surface area contributed by atoms with Crippen molar-refractivity contribution in [3.63, 3.8) is 0 Å². The SMILES string of the molecule is CC(C)Oc1cc(-c2cc(N3CCO[C@@H](C)C3)nc(N3CC4CC3C4)n2)cnc1N. The quantitative estimate of drug-likeness (QED) is 0.805. The number of anilines is 3. The van der Waals surface area contributed by atoms with E-state index in [1.54, 1.807) is 6.20 Å². The third kappa shape index (κ3) is 3.64. The monoisotopic (exact) mass is 410 g/mol. The topological polar surface area (TPSA) is 89.6 Å². The third-order valence-electron chi connectivity index (χ3n) is 6.17. The van der Waals surface area contributed by atoms with Crippen LogP contribution in [0, 0.1) is 5.92 Å². The Morgan fingerprint density at radius 3 is 2.73 bits per heavy atom. The van der Waals surface area contributed by atoms with Gasteiger partial charge in [0.15, 0.2) is 11.6 Å². The Balaban J connectivity index is 1.54. The van der Waals surface area contributed by atoms with E-state index in [0.717, 1.165) is 48.6 Å². The lowest BCUT2D eigenvalue weighted by molar-refractivity contribution is 0.0529. The molecule has 0 unspecified atom stereocenters. The van der Waals surface area contributed by atoms with Gasteiger partial charge in [0.2, 0.25) is 5.95 Å². The van der Waals surface area contributed by atoms with Crippen molar-refractivity contribution in [1.82, 2.24) is 15.0 Å². The first-order valence-electron chi connectivity index (χ1n) is 10.9. The molecule has 0 radical (unpaired) electrons. The number of nitrogen functional groups attached to an aromatic ring is 1. The smallest absolute Gasteiger partial charge is 0.228 e. The molecule has 1 aliphatic carbocycles. The molecule has 0 amide bonds. The van der Waals surface area contributed by atoms with Gasteiger partial charge in [0.25, 0.3) is 0 Å². The van der Waals surface area contributed by atoms with Gasteiger partial charge < -0.3 is 25.0 Å². The van der Waals surface area contributed by atoms with Crippen molar-refractivity contribution in [2.75, 3.05) is 41.8 Å². The summed E-state index contributed by atoms with van der Waals surface area (Å²) in [6.07, 6.45) is 4.49. The lowest BCUT2D eigenvalue weighted by Crippen LogP contribution is -2.41. The Morgan fingerprint density at radius 1 is 1.20 bits per heavy atom. The number of nitrogens with zero attached hydrogens (tertiary/aromatic N) is 5. The number of nitrogens with two attached hydrogens (primary N) is 1. The molecule has 2 bridgehead atoms. The largest absolute Gasteiger partial charge is 0.487 e. The predicted molar refractivity (Wildman–Crippen MR) is 117 cm³/mol. The fourth-order valence-corrected chi connectivity index (χ4v) is 4.61. The minimum atomic E-state index is 0.0205. The van der Waals surface area contributed by atoms with Gasteiger partial charge in [-0.05, 0) is 45.6 Å². The van der Waals surface area contributed by atoms with Crippen molar-refractivity contribution in [3.8, 4) is 17.0 Å². The molecule has 5 heterocycles. The zero-order chi connectivity index (χ0) is 20.8. The zero-order valence-corrected chi connectivity index (χ0v) is 17.9. The van der Waals surface area contributed by atoms with Gasteiger partial charge in [-0.3, -0.25) is 0 Å². The predicted octanol–water partition coefficient (Wildman–Crippen LogP) is 2.73. The van der Waals surface area contributed by atoms with Crippen LogP contribution in [0.1, 0.15) is 33.6 Å². The number of pyridine rings is 1. The third-order valence-corrected chi connectivity index (χ3v) is 6.17. The van der Waals surface area contributed by atoms with Crippen LogP contribution in [0.15, 0.2) is 18.3 Å². The first-order valence-corrected chi connectivity index (χ1v) is 10.9. The van der Waals surface area contributed by atoms with E-state index in [-0.39, 0.29) is 12.2 Å². The molecule has 0 spiro atoms. The van der Waals surface area contributed by atoms with E-state index in [2.05, 4.69) is 21.7 Å². The molecule has 1 atom stereocenters. The highest BCUT2D eigenvalue weighted by molar-refractivity contribution is 5.68. The van der Waals surface area contributed by atoms with E-state index in [1.807, 2.05) is 26.0 Å². The first-order chi connectivity index (χ1) is 14.5. The van der Waals surface area contributed by atoms with Gasteiger partial charge in [-0.1, -0.05) is 0 Å². The molecule has 160 valence electrons. The standard InChI is InChI=1S/C22H30N6O2/c1-13(2)30-19-8-16(10-24-21(19)23)18-9-20(27-4-5-29-14(3)11-27)26-22(25-18)28-12-15-6-17(28)7-15/h8-10,13-15,17H,4-7,11-12H2,1-3H3,(H2,23,24)/t14-,15?,17?/m0/s1. The van der Waals surface area contributed by atoms with Crippen LogP contribution in [0.3, 0.4) is 0 Å². The molecule has 30 heavy (non-hydrogen) atoms. The molecule has 4 fully saturated rings. The van der Waals surface area contributed by atoms with Gasteiger partial charge >= 0.3 is 0 Å². The summed E-state index contributed by atoms with van der Waals surface area (Å²) in [5, 5.41) is 0. The number of rotatable bonds is 5. The molecule has 2 aromatic heterocycles. The minimum absolute atomic E-state index is 0.0205. The van der Waals surface area contributed by atoms with Crippen molar-refractivity contribution in [2.24, 2.45) is 5.92 Å². The van der Waals surface area contributed by atoms with Gasteiger partial charge in [-0.2, -0.15) is 4.98 Å². The van der Waals surface area contributed by atoms with Crippen molar-refractivity contribution in [3.05, 3.63) is 18.3 Å². The molecule has 0 aromatic carbocycles. The van der Waals surface area contributed by atoms with Crippen molar-refractivity contribution in [1.29, 1.82) is 0 Å². The summed E-state index contributed by atoms with van der Waals surface area (Å²) < 4.78 is 11.6.